The molecule has 0 unspecified atom stereocenters. The molecule has 0 aromatic carbocycles. The minimum Gasteiger partial charge on any atom is -0.377 e. The van der Waals surface area contributed by atoms with Crippen LogP contribution in [0.2, 0.25) is 0 Å². The van der Waals surface area contributed by atoms with E-state index in [1.165, 1.54) is 12.8 Å². The summed E-state index contributed by atoms with van der Waals surface area (Å²) in [6.07, 6.45) is 8.00. The number of rotatable bonds is 5. The van der Waals surface area contributed by atoms with Gasteiger partial charge in [0, 0.05) is 23.8 Å². The van der Waals surface area contributed by atoms with Gasteiger partial charge in [0.2, 0.25) is 5.91 Å². The first-order valence-electron chi connectivity index (χ1n) is 7.69. The molecule has 2 aliphatic rings. The Bertz CT molecular complexity index is 295. The van der Waals surface area contributed by atoms with E-state index in [2.05, 4.69) is 27.8 Å². The van der Waals surface area contributed by atoms with Gasteiger partial charge in [-0.05, 0) is 32.1 Å². The van der Waals surface area contributed by atoms with E-state index in [4.69, 9.17) is 4.74 Å². The van der Waals surface area contributed by atoms with E-state index in [1.807, 2.05) is 0 Å². The van der Waals surface area contributed by atoms with Gasteiger partial charge in [-0.2, -0.15) is 0 Å². The Morgan fingerprint density at radius 2 is 1.95 bits per heavy atom. The Labute approximate surface area is 125 Å². The van der Waals surface area contributed by atoms with Gasteiger partial charge in [0.15, 0.2) is 0 Å². The van der Waals surface area contributed by atoms with Gasteiger partial charge in [0.25, 0.3) is 0 Å². The van der Waals surface area contributed by atoms with E-state index < -0.39 is 0 Å². The molecule has 4 heteroatoms. The fourth-order valence-electron chi connectivity index (χ4n) is 3.54. The van der Waals surface area contributed by atoms with Crippen molar-refractivity contribution in [3.63, 3.8) is 0 Å². The third-order valence-electron chi connectivity index (χ3n) is 4.85. The fourth-order valence-corrected chi connectivity index (χ4v) is 3.73. The lowest BCUT2D eigenvalue weighted by Gasteiger charge is -2.38. The molecule has 2 fully saturated rings. The maximum Gasteiger partial charge on any atom is 0.228 e. The van der Waals surface area contributed by atoms with Crippen molar-refractivity contribution in [1.29, 1.82) is 0 Å². The van der Waals surface area contributed by atoms with Crippen LogP contribution in [0.4, 0.5) is 0 Å². The van der Waals surface area contributed by atoms with Gasteiger partial charge in [-0.3, -0.25) is 4.79 Å². The molecule has 2 rings (SSSR count). The summed E-state index contributed by atoms with van der Waals surface area (Å²) in [5.74, 6) is 0.423. The lowest BCUT2D eigenvalue weighted by Crippen LogP contribution is -2.47. The zero-order valence-electron chi connectivity index (χ0n) is 12.0. The van der Waals surface area contributed by atoms with Crippen LogP contribution in [0.3, 0.4) is 0 Å². The van der Waals surface area contributed by atoms with Crippen molar-refractivity contribution >= 4 is 21.8 Å². The van der Waals surface area contributed by atoms with Crippen molar-refractivity contribution in [2.24, 2.45) is 5.41 Å². The SMILES string of the molecule is CCC1(C(=O)N2CCC(OCCBr)CC2)CCCC1. The summed E-state index contributed by atoms with van der Waals surface area (Å²) in [6, 6.07) is 0. The van der Waals surface area contributed by atoms with Crippen molar-refractivity contribution in [2.45, 2.75) is 58.0 Å². The van der Waals surface area contributed by atoms with Crippen LogP contribution in [0, 0.1) is 5.41 Å². The highest BCUT2D eigenvalue weighted by Gasteiger charge is 2.42. The van der Waals surface area contributed by atoms with Crippen LogP contribution in [0.5, 0.6) is 0 Å². The van der Waals surface area contributed by atoms with Crippen molar-refractivity contribution in [3.05, 3.63) is 0 Å². The van der Waals surface area contributed by atoms with Crippen LogP contribution in [0.25, 0.3) is 0 Å². The van der Waals surface area contributed by atoms with Crippen LogP contribution in [-0.2, 0) is 9.53 Å². The van der Waals surface area contributed by atoms with Gasteiger partial charge in [-0.1, -0.05) is 35.7 Å². The number of likely N-dealkylation sites (tertiary alicyclic amines) is 1. The first kappa shape index (κ1) is 15.3. The number of nitrogens with zero attached hydrogens (tertiary/aromatic N) is 1. The number of hydrogen-bond donors (Lipinski definition) is 0. The molecule has 0 N–H and O–H groups in total. The Morgan fingerprint density at radius 1 is 1.32 bits per heavy atom. The molecular weight excluding hydrogens is 306 g/mol. The van der Waals surface area contributed by atoms with Crippen molar-refractivity contribution in [3.8, 4) is 0 Å². The first-order valence-corrected chi connectivity index (χ1v) is 8.81. The van der Waals surface area contributed by atoms with Crippen LogP contribution in [0.15, 0.2) is 0 Å². The van der Waals surface area contributed by atoms with Gasteiger partial charge in [-0.25, -0.2) is 0 Å². The topological polar surface area (TPSA) is 29.5 Å². The average Bonchev–Trinajstić information content (AvgIpc) is 2.95. The van der Waals surface area contributed by atoms with E-state index in [1.54, 1.807) is 0 Å². The van der Waals surface area contributed by atoms with Crippen LogP contribution < -0.4 is 0 Å². The second kappa shape index (κ2) is 7.07. The zero-order chi connectivity index (χ0) is 13.7. The maximum atomic E-state index is 12.8. The molecule has 1 heterocycles. The smallest absolute Gasteiger partial charge is 0.228 e. The highest BCUT2D eigenvalue weighted by atomic mass is 79.9. The number of alkyl halides is 1. The number of piperidine rings is 1. The molecule has 0 aromatic rings. The summed E-state index contributed by atoms with van der Waals surface area (Å²) in [7, 11) is 0. The number of ether oxygens (including phenoxy) is 1. The van der Waals surface area contributed by atoms with E-state index in [9.17, 15) is 4.79 Å². The van der Waals surface area contributed by atoms with Crippen LogP contribution in [0.1, 0.15) is 51.9 Å². The Kier molecular flexibility index (Phi) is 5.70. The van der Waals surface area contributed by atoms with Crippen molar-refractivity contribution < 1.29 is 9.53 Å². The summed E-state index contributed by atoms with van der Waals surface area (Å²) in [6.45, 7) is 4.72. The predicted octanol–water partition coefficient (Wildman–Crippen LogP) is 3.36. The normalized spacial score (nSPS) is 23.8. The van der Waals surface area contributed by atoms with Crippen molar-refractivity contribution in [1.82, 2.24) is 4.90 Å². The molecular formula is C15H26BrNO2. The number of carbonyl (C=O) groups is 1. The Balaban J connectivity index is 1.85. The lowest BCUT2D eigenvalue weighted by atomic mass is 9.81. The van der Waals surface area contributed by atoms with Crippen LogP contribution >= 0.6 is 15.9 Å². The predicted molar refractivity (Wildman–Crippen MR) is 80.5 cm³/mol. The molecule has 0 atom stereocenters. The molecule has 0 spiro atoms. The number of carbonyl (C=O) groups excluding carboxylic acids is 1. The molecule has 1 amide bonds. The molecule has 1 aliphatic heterocycles. The molecule has 0 radical (unpaired) electrons. The van der Waals surface area contributed by atoms with Gasteiger partial charge in [0.05, 0.1) is 12.7 Å². The third-order valence-corrected chi connectivity index (χ3v) is 5.17. The van der Waals surface area contributed by atoms with Crippen molar-refractivity contribution in [2.75, 3.05) is 25.0 Å². The first-order chi connectivity index (χ1) is 9.22. The van der Waals surface area contributed by atoms with Gasteiger partial charge < -0.3 is 9.64 Å². The van der Waals surface area contributed by atoms with Gasteiger partial charge >= 0.3 is 0 Å². The summed E-state index contributed by atoms with van der Waals surface area (Å²) in [5.41, 5.74) is -0.0243. The summed E-state index contributed by atoms with van der Waals surface area (Å²) in [4.78, 5) is 14.9. The summed E-state index contributed by atoms with van der Waals surface area (Å²) < 4.78 is 5.75. The van der Waals surface area contributed by atoms with Gasteiger partial charge in [-0.15, -0.1) is 0 Å². The number of hydrogen-bond acceptors (Lipinski definition) is 2. The summed E-state index contributed by atoms with van der Waals surface area (Å²) in [5, 5.41) is 0.894. The molecule has 3 nitrogen and oxygen atoms in total. The average molecular weight is 332 g/mol. The highest BCUT2D eigenvalue weighted by Crippen LogP contribution is 2.42. The highest BCUT2D eigenvalue weighted by molar-refractivity contribution is 9.09. The van der Waals surface area contributed by atoms with Crippen LogP contribution in [-0.4, -0.2) is 41.9 Å². The minimum atomic E-state index is -0.0243. The number of amides is 1. The molecule has 0 aromatic heterocycles. The zero-order valence-corrected chi connectivity index (χ0v) is 13.6. The monoisotopic (exact) mass is 331 g/mol. The van der Waals surface area contributed by atoms with E-state index >= 15 is 0 Å². The quantitative estimate of drug-likeness (QED) is 0.723. The molecule has 19 heavy (non-hydrogen) atoms. The lowest BCUT2D eigenvalue weighted by molar-refractivity contribution is -0.144. The molecule has 110 valence electrons. The van der Waals surface area contributed by atoms with E-state index in [0.717, 1.165) is 57.1 Å². The number of halogens is 1. The Morgan fingerprint density at radius 3 is 2.47 bits per heavy atom. The van der Waals surface area contributed by atoms with Gasteiger partial charge in [0.1, 0.15) is 0 Å². The molecule has 1 saturated heterocycles. The second-order valence-corrected chi connectivity index (χ2v) is 6.69. The second-order valence-electron chi connectivity index (χ2n) is 5.89. The van der Waals surface area contributed by atoms with E-state index in [0.29, 0.717) is 12.0 Å². The maximum absolute atomic E-state index is 12.8. The standard InChI is InChI=1S/C15H26BrNO2/c1-2-15(7-3-4-8-15)14(18)17-10-5-13(6-11-17)19-12-9-16/h13H,2-12H2,1H3. The largest absolute Gasteiger partial charge is 0.377 e. The fraction of sp³-hybridized carbons (Fsp3) is 0.933. The van der Waals surface area contributed by atoms with E-state index in [-0.39, 0.29) is 5.41 Å². The summed E-state index contributed by atoms with van der Waals surface area (Å²) >= 11 is 3.38. The molecule has 0 bridgehead atoms. The Hall–Kier alpha value is -0.0900. The molecule has 1 saturated carbocycles. The minimum absolute atomic E-state index is 0.0243. The molecule has 1 aliphatic carbocycles. The third kappa shape index (κ3) is 3.52.